The highest BCUT2D eigenvalue weighted by molar-refractivity contribution is 7.99. The topological polar surface area (TPSA) is 15.3 Å². The van der Waals surface area contributed by atoms with E-state index in [2.05, 4.69) is 54.4 Å². The maximum Gasteiger partial charge on any atom is 0.0233 e. The minimum absolute atomic E-state index is 0.644. The zero-order chi connectivity index (χ0) is 14.2. The lowest BCUT2D eigenvalue weighted by molar-refractivity contribution is 0.187. The lowest BCUT2D eigenvalue weighted by Crippen LogP contribution is -2.45. The fourth-order valence-electron chi connectivity index (χ4n) is 2.84. The summed E-state index contributed by atoms with van der Waals surface area (Å²) in [6, 6.07) is 12.2. The van der Waals surface area contributed by atoms with Gasteiger partial charge in [0.1, 0.15) is 0 Å². The molecule has 20 heavy (non-hydrogen) atoms. The molecule has 1 N–H and O–H groups in total. The van der Waals surface area contributed by atoms with Crippen LogP contribution in [0, 0.1) is 0 Å². The standard InChI is InChI=1S/C17H28N2S/c1-3-20-14-15(2)18-17-9-11-19(12-10-17)13-16-7-5-4-6-8-16/h4-8,15,17-18H,3,9-14H2,1-2H3. The van der Waals surface area contributed by atoms with Crippen LogP contribution in [0.3, 0.4) is 0 Å². The predicted molar refractivity (Wildman–Crippen MR) is 90.3 cm³/mol. The first-order chi connectivity index (χ1) is 9.78. The van der Waals surface area contributed by atoms with Crippen LogP contribution in [0.2, 0.25) is 0 Å². The van der Waals surface area contributed by atoms with E-state index in [0.29, 0.717) is 6.04 Å². The van der Waals surface area contributed by atoms with Gasteiger partial charge < -0.3 is 5.32 Å². The smallest absolute Gasteiger partial charge is 0.0233 e. The van der Waals surface area contributed by atoms with Crippen LogP contribution in [0.1, 0.15) is 32.3 Å². The summed E-state index contributed by atoms with van der Waals surface area (Å²) in [6.45, 7) is 8.10. The van der Waals surface area contributed by atoms with Gasteiger partial charge in [-0.25, -0.2) is 0 Å². The van der Waals surface area contributed by atoms with E-state index in [4.69, 9.17) is 0 Å². The Hall–Kier alpha value is -0.510. The Morgan fingerprint density at radius 3 is 2.60 bits per heavy atom. The number of rotatable bonds is 7. The van der Waals surface area contributed by atoms with Gasteiger partial charge in [0.15, 0.2) is 0 Å². The number of thioether (sulfide) groups is 1. The molecule has 1 heterocycles. The Kier molecular flexibility index (Phi) is 6.91. The minimum atomic E-state index is 0.644. The highest BCUT2D eigenvalue weighted by atomic mass is 32.2. The van der Waals surface area contributed by atoms with Crippen LogP contribution in [0.25, 0.3) is 0 Å². The molecule has 112 valence electrons. The number of hydrogen-bond donors (Lipinski definition) is 1. The molecule has 3 heteroatoms. The molecule has 0 saturated carbocycles. The van der Waals surface area contributed by atoms with Crippen molar-refractivity contribution in [1.82, 2.24) is 10.2 Å². The molecule has 2 rings (SSSR count). The largest absolute Gasteiger partial charge is 0.311 e. The van der Waals surface area contributed by atoms with E-state index in [1.54, 1.807) is 0 Å². The highest BCUT2D eigenvalue weighted by Crippen LogP contribution is 2.15. The third-order valence-corrected chi connectivity index (χ3v) is 5.07. The summed E-state index contributed by atoms with van der Waals surface area (Å²) in [6.07, 6.45) is 2.57. The lowest BCUT2D eigenvalue weighted by atomic mass is 10.0. The van der Waals surface area contributed by atoms with Gasteiger partial charge in [0.25, 0.3) is 0 Å². The molecule has 0 aliphatic carbocycles. The molecule has 0 aromatic heterocycles. The van der Waals surface area contributed by atoms with Crippen LogP contribution in [-0.4, -0.2) is 41.6 Å². The van der Waals surface area contributed by atoms with Gasteiger partial charge in [-0.2, -0.15) is 11.8 Å². The van der Waals surface area contributed by atoms with Crippen LogP contribution >= 0.6 is 11.8 Å². The molecule has 1 saturated heterocycles. The number of nitrogens with one attached hydrogen (secondary N) is 1. The number of benzene rings is 1. The Morgan fingerprint density at radius 1 is 1.25 bits per heavy atom. The van der Waals surface area contributed by atoms with Gasteiger partial charge in [0, 0.05) is 24.4 Å². The molecule has 1 aliphatic heterocycles. The number of piperidine rings is 1. The van der Waals surface area contributed by atoms with Crippen molar-refractivity contribution in [3.05, 3.63) is 35.9 Å². The first-order valence-electron chi connectivity index (χ1n) is 7.88. The Balaban J connectivity index is 1.67. The summed E-state index contributed by atoms with van der Waals surface area (Å²) in [5, 5.41) is 3.79. The van der Waals surface area contributed by atoms with Crippen molar-refractivity contribution in [3.8, 4) is 0 Å². The van der Waals surface area contributed by atoms with Gasteiger partial charge in [-0.15, -0.1) is 0 Å². The number of likely N-dealkylation sites (tertiary alicyclic amines) is 1. The molecule has 2 nitrogen and oxygen atoms in total. The average Bonchev–Trinajstić information content (AvgIpc) is 2.48. The van der Waals surface area contributed by atoms with Gasteiger partial charge in [-0.05, 0) is 44.2 Å². The summed E-state index contributed by atoms with van der Waals surface area (Å²) in [7, 11) is 0. The van der Waals surface area contributed by atoms with Crippen LogP contribution < -0.4 is 5.32 Å². The molecule has 0 amide bonds. The molecule has 0 spiro atoms. The second kappa shape index (κ2) is 8.71. The minimum Gasteiger partial charge on any atom is -0.311 e. The summed E-state index contributed by atoms with van der Waals surface area (Å²) in [5.74, 6) is 2.46. The first kappa shape index (κ1) is 15.9. The second-order valence-electron chi connectivity index (χ2n) is 5.76. The normalized spacial score (nSPS) is 19.1. The average molecular weight is 292 g/mol. The first-order valence-corrected chi connectivity index (χ1v) is 9.03. The molecular formula is C17H28N2S. The molecule has 0 radical (unpaired) electrons. The van der Waals surface area contributed by atoms with Crippen molar-refractivity contribution in [1.29, 1.82) is 0 Å². The third-order valence-electron chi connectivity index (χ3n) is 3.93. The summed E-state index contributed by atoms with van der Waals surface area (Å²) >= 11 is 2.03. The van der Waals surface area contributed by atoms with Crippen LogP contribution in [0.5, 0.6) is 0 Å². The molecule has 1 aliphatic rings. The summed E-state index contributed by atoms with van der Waals surface area (Å²) < 4.78 is 0. The maximum atomic E-state index is 3.79. The molecule has 1 aromatic rings. The SMILES string of the molecule is CCSCC(C)NC1CCN(Cc2ccccc2)CC1. The van der Waals surface area contributed by atoms with Gasteiger partial charge in [0.05, 0.1) is 0 Å². The fourth-order valence-corrected chi connectivity index (χ4v) is 3.53. The van der Waals surface area contributed by atoms with E-state index in [-0.39, 0.29) is 0 Å². The molecule has 1 aromatic carbocycles. The van der Waals surface area contributed by atoms with E-state index in [0.717, 1.165) is 12.6 Å². The summed E-state index contributed by atoms with van der Waals surface area (Å²) in [4.78, 5) is 2.58. The maximum absolute atomic E-state index is 3.79. The third kappa shape index (κ3) is 5.47. The van der Waals surface area contributed by atoms with Gasteiger partial charge in [-0.3, -0.25) is 4.90 Å². The number of hydrogen-bond acceptors (Lipinski definition) is 3. The van der Waals surface area contributed by atoms with Crippen molar-refractivity contribution < 1.29 is 0 Å². The second-order valence-corrected chi connectivity index (χ2v) is 7.08. The van der Waals surface area contributed by atoms with E-state index in [1.807, 2.05) is 11.8 Å². The van der Waals surface area contributed by atoms with Crippen molar-refractivity contribution in [2.75, 3.05) is 24.6 Å². The van der Waals surface area contributed by atoms with Gasteiger partial charge in [-0.1, -0.05) is 37.3 Å². The molecule has 1 atom stereocenters. The van der Waals surface area contributed by atoms with Crippen molar-refractivity contribution in [3.63, 3.8) is 0 Å². The zero-order valence-electron chi connectivity index (χ0n) is 12.8. The van der Waals surface area contributed by atoms with Crippen LogP contribution in [-0.2, 0) is 6.54 Å². The fraction of sp³-hybridized carbons (Fsp3) is 0.647. The lowest BCUT2D eigenvalue weighted by Gasteiger charge is -2.34. The highest BCUT2D eigenvalue weighted by Gasteiger charge is 2.20. The molecular weight excluding hydrogens is 264 g/mol. The monoisotopic (exact) mass is 292 g/mol. The number of nitrogens with zero attached hydrogens (tertiary/aromatic N) is 1. The zero-order valence-corrected chi connectivity index (χ0v) is 13.7. The van der Waals surface area contributed by atoms with Crippen LogP contribution in [0.15, 0.2) is 30.3 Å². The Bertz CT molecular complexity index is 361. The molecule has 0 bridgehead atoms. The van der Waals surface area contributed by atoms with E-state index < -0.39 is 0 Å². The van der Waals surface area contributed by atoms with Crippen molar-refractivity contribution in [2.45, 2.75) is 45.3 Å². The van der Waals surface area contributed by atoms with Crippen LogP contribution in [0.4, 0.5) is 0 Å². The van der Waals surface area contributed by atoms with Crippen molar-refractivity contribution >= 4 is 11.8 Å². The Labute approximate surface area is 128 Å². The summed E-state index contributed by atoms with van der Waals surface area (Å²) in [5.41, 5.74) is 1.44. The molecule has 1 fully saturated rings. The quantitative estimate of drug-likeness (QED) is 0.829. The molecule has 1 unspecified atom stereocenters. The Morgan fingerprint density at radius 2 is 1.95 bits per heavy atom. The van der Waals surface area contributed by atoms with E-state index in [9.17, 15) is 0 Å². The van der Waals surface area contributed by atoms with Crippen molar-refractivity contribution in [2.24, 2.45) is 0 Å². The van der Waals surface area contributed by atoms with E-state index >= 15 is 0 Å². The van der Waals surface area contributed by atoms with Gasteiger partial charge >= 0.3 is 0 Å². The van der Waals surface area contributed by atoms with E-state index in [1.165, 1.54) is 43.0 Å². The predicted octanol–water partition coefficient (Wildman–Crippen LogP) is 3.38. The van der Waals surface area contributed by atoms with Gasteiger partial charge in [0.2, 0.25) is 0 Å².